The highest BCUT2D eigenvalue weighted by Crippen LogP contribution is 2.27. The van der Waals surface area contributed by atoms with Gasteiger partial charge < -0.3 is 19.5 Å². The lowest BCUT2D eigenvalue weighted by atomic mass is 10.2. The molecule has 0 bridgehead atoms. The number of amides is 1. The van der Waals surface area contributed by atoms with Gasteiger partial charge in [-0.05, 0) is 55.5 Å². The van der Waals surface area contributed by atoms with Gasteiger partial charge in [0.15, 0.2) is 17.6 Å². The quantitative estimate of drug-likeness (QED) is 0.649. The summed E-state index contributed by atoms with van der Waals surface area (Å²) < 4.78 is 16.7. The molecule has 0 saturated carbocycles. The van der Waals surface area contributed by atoms with Crippen molar-refractivity contribution in [1.82, 2.24) is 0 Å². The summed E-state index contributed by atoms with van der Waals surface area (Å²) in [6.07, 6.45) is -0.679. The fourth-order valence-corrected chi connectivity index (χ4v) is 2.43. The predicted molar refractivity (Wildman–Crippen MR) is 105 cm³/mol. The van der Waals surface area contributed by atoms with Crippen molar-refractivity contribution in [3.8, 4) is 23.0 Å². The first-order valence-electron chi connectivity index (χ1n) is 8.59. The lowest BCUT2D eigenvalue weighted by Crippen LogP contribution is -2.30. The van der Waals surface area contributed by atoms with E-state index in [0.717, 1.165) is 5.75 Å². The van der Waals surface area contributed by atoms with E-state index in [9.17, 15) is 4.79 Å². The molecular formula is C22H21NO4. The summed E-state index contributed by atoms with van der Waals surface area (Å²) in [6, 6.07) is 23.9. The number of methoxy groups -OCH3 is 1. The highest BCUT2D eigenvalue weighted by atomic mass is 16.5. The number of carbonyl (C=O) groups excluding carboxylic acids is 1. The van der Waals surface area contributed by atoms with Crippen LogP contribution in [0.2, 0.25) is 0 Å². The Morgan fingerprint density at radius 1 is 0.815 bits per heavy atom. The highest BCUT2D eigenvalue weighted by molar-refractivity contribution is 5.94. The topological polar surface area (TPSA) is 56.8 Å². The minimum atomic E-state index is -0.679. The summed E-state index contributed by atoms with van der Waals surface area (Å²) in [5.74, 6) is 2.30. The first-order chi connectivity index (χ1) is 13.2. The molecule has 0 spiro atoms. The Hall–Kier alpha value is -3.47. The third-order valence-corrected chi connectivity index (χ3v) is 3.84. The van der Waals surface area contributed by atoms with E-state index >= 15 is 0 Å². The van der Waals surface area contributed by atoms with Crippen LogP contribution < -0.4 is 19.5 Å². The molecule has 1 amide bonds. The van der Waals surface area contributed by atoms with Crippen molar-refractivity contribution in [2.24, 2.45) is 0 Å². The van der Waals surface area contributed by atoms with Gasteiger partial charge in [-0.15, -0.1) is 0 Å². The van der Waals surface area contributed by atoms with Crippen LogP contribution in [0.1, 0.15) is 6.92 Å². The van der Waals surface area contributed by atoms with Crippen molar-refractivity contribution in [3.63, 3.8) is 0 Å². The third kappa shape index (κ3) is 5.01. The zero-order valence-electron chi connectivity index (χ0n) is 15.2. The van der Waals surface area contributed by atoms with Crippen LogP contribution in [-0.4, -0.2) is 19.1 Å². The molecule has 3 aromatic carbocycles. The zero-order chi connectivity index (χ0) is 19.1. The Morgan fingerprint density at radius 2 is 1.41 bits per heavy atom. The predicted octanol–water partition coefficient (Wildman–Crippen LogP) is 4.89. The average molecular weight is 363 g/mol. The van der Waals surface area contributed by atoms with Gasteiger partial charge in [0.05, 0.1) is 7.11 Å². The van der Waals surface area contributed by atoms with Gasteiger partial charge in [0, 0.05) is 5.69 Å². The monoisotopic (exact) mass is 363 g/mol. The number of carbonyl (C=O) groups is 1. The molecule has 0 heterocycles. The summed E-state index contributed by atoms with van der Waals surface area (Å²) >= 11 is 0. The van der Waals surface area contributed by atoms with Crippen LogP contribution in [0.5, 0.6) is 23.0 Å². The van der Waals surface area contributed by atoms with E-state index in [1.807, 2.05) is 42.5 Å². The van der Waals surface area contributed by atoms with Gasteiger partial charge in [-0.3, -0.25) is 4.79 Å². The van der Waals surface area contributed by atoms with E-state index in [0.29, 0.717) is 22.9 Å². The van der Waals surface area contributed by atoms with Crippen LogP contribution in [0.15, 0.2) is 78.9 Å². The van der Waals surface area contributed by atoms with Gasteiger partial charge in [-0.2, -0.15) is 0 Å². The molecule has 3 rings (SSSR count). The van der Waals surface area contributed by atoms with E-state index in [1.165, 1.54) is 0 Å². The number of nitrogens with one attached hydrogen (secondary N) is 1. The highest BCUT2D eigenvalue weighted by Gasteiger charge is 2.16. The normalized spacial score (nSPS) is 11.3. The lowest BCUT2D eigenvalue weighted by molar-refractivity contribution is -0.122. The second kappa shape index (κ2) is 8.76. The molecule has 3 aromatic rings. The average Bonchev–Trinajstić information content (AvgIpc) is 2.70. The van der Waals surface area contributed by atoms with Crippen LogP contribution in [0.3, 0.4) is 0 Å². The van der Waals surface area contributed by atoms with Crippen molar-refractivity contribution in [1.29, 1.82) is 0 Å². The van der Waals surface area contributed by atoms with Gasteiger partial charge in [-0.1, -0.05) is 30.3 Å². The van der Waals surface area contributed by atoms with Crippen molar-refractivity contribution in [3.05, 3.63) is 78.9 Å². The van der Waals surface area contributed by atoms with E-state index in [1.54, 1.807) is 50.4 Å². The maximum Gasteiger partial charge on any atom is 0.265 e. The maximum atomic E-state index is 12.4. The number of benzene rings is 3. The lowest BCUT2D eigenvalue weighted by Gasteiger charge is -2.16. The van der Waals surface area contributed by atoms with E-state index in [4.69, 9.17) is 14.2 Å². The number of hydrogen-bond acceptors (Lipinski definition) is 4. The van der Waals surface area contributed by atoms with Gasteiger partial charge in [0.2, 0.25) is 0 Å². The fourth-order valence-electron chi connectivity index (χ4n) is 2.43. The van der Waals surface area contributed by atoms with Gasteiger partial charge >= 0.3 is 0 Å². The summed E-state index contributed by atoms with van der Waals surface area (Å²) in [7, 11) is 1.56. The van der Waals surface area contributed by atoms with Crippen LogP contribution in [-0.2, 0) is 4.79 Å². The van der Waals surface area contributed by atoms with Gasteiger partial charge in [-0.25, -0.2) is 0 Å². The molecule has 0 aromatic heterocycles. The van der Waals surface area contributed by atoms with Crippen molar-refractivity contribution < 1.29 is 19.0 Å². The Kier molecular flexibility index (Phi) is 5.94. The second-order valence-corrected chi connectivity index (χ2v) is 5.84. The summed E-state index contributed by atoms with van der Waals surface area (Å²) in [5, 5.41) is 2.83. The molecule has 27 heavy (non-hydrogen) atoms. The van der Waals surface area contributed by atoms with Crippen LogP contribution in [0, 0.1) is 0 Å². The molecule has 0 aliphatic rings. The van der Waals surface area contributed by atoms with E-state index < -0.39 is 6.10 Å². The van der Waals surface area contributed by atoms with Gasteiger partial charge in [0.1, 0.15) is 11.5 Å². The Morgan fingerprint density at radius 3 is 2.07 bits per heavy atom. The molecule has 0 saturated heterocycles. The Balaban J connectivity index is 1.58. The standard InChI is InChI=1S/C22H21NO4/c1-16(26-21-11-7-6-10-20(21)25-2)22(24)23-17-12-14-19(15-13-17)27-18-8-4-3-5-9-18/h3-16H,1-2H3,(H,23,24)/t16-/m0/s1. The molecular weight excluding hydrogens is 342 g/mol. The molecule has 1 N–H and O–H groups in total. The fraction of sp³-hybridized carbons (Fsp3) is 0.136. The van der Waals surface area contributed by atoms with Crippen molar-refractivity contribution in [2.45, 2.75) is 13.0 Å². The number of rotatable bonds is 7. The second-order valence-electron chi connectivity index (χ2n) is 5.84. The number of para-hydroxylation sites is 3. The van der Waals surface area contributed by atoms with Crippen LogP contribution in [0.25, 0.3) is 0 Å². The smallest absolute Gasteiger partial charge is 0.265 e. The van der Waals surface area contributed by atoms with Gasteiger partial charge in [0.25, 0.3) is 5.91 Å². The van der Waals surface area contributed by atoms with Crippen LogP contribution >= 0.6 is 0 Å². The van der Waals surface area contributed by atoms with E-state index in [2.05, 4.69) is 5.32 Å². The van der Waals surface area contributed by atoms with Crippen molar-refractivity contribution >= 4 is 11.6 Å². The largest absolute Gasteiger partial charge is 0.493 e. The molecule has 5 heteroatoms. The Labute approximate surface area is 158 Å². The van der Waals surface area contributed by atoms with E-state index in [-0.39, 0.29) is 5.91 Å². The molecule has 138 valence electrons. The molecule has 0 fully saturated rings. The molecule has 1 atom stereocenters. The minimum Gasteiger partial charge on any atom is -0.493 e. The molecule has 0 aliphatic carbocycles. The first kappa shape index (κ1) is 18.3. The number of anilines is 1. The third-order valence-electron chi connectivity index (χ3n) is 3.84. The van der Waals surface area contributed by atoms with Crippen LogP contribution in [0.4, 0.5) is 5.69 Å². The maximum absolute atomic E-state index is 12.4. The molecule has 0 radical (unpaired) electrons. The SMILES string of the molecule is COc1ccccc1O[C@@H](C)C(=O)Nc1ccc(Oc2ccccc2)cc1. The number of ether oxygens (including phenoxy) is 3. The summed E-state index contributed by atoms with van der Waals surface area (Å²) in [5.41, 5.74) is 0.663. The number of hydrogen-bond donors (Lipinski definition) is 1. The summed E-state index contributed by atoms with van der Waals surface area (Å²) in [4.78, 5) is 12.4. The molecule has 0 aliphatic heterocycles. The minimum absolute atomic E-state index is 0.252. The Bertz CT molecular complexity index is 878. The first-order valence-corrected chi connectivity index (χ1v) is 8.59. The zero-order valence-corrected chi connectivity index (χ0v) is 15.2. The molecule has 5 nitrogen and oxygen atoms in total. The van der Waals surface area contributed by atoms with Crippen molar-refractivity contribution in [2.75, 3.05) is 12.4 Å². The summed E-state index contributed by atoms with van der Waals surface area (Å²) in [6.45, 7) is 1.69. The molecule has 0 unspecified atom stereocenters.